The zero-order valence-corrected chi connectivity index (χ0v) is 11.1. The van der Waals surface area contributed by atoms with Crippen molar-refractivity contribution in [2.24, 2.45) is 0 Å². The van der Waals surface area contributed by atoms with Crippen LogP contribution in [0.1, 0.15) is 22.5 Å². The fourth-order valence-corrected chi connectivity index (χ4v) is 1.66. The van der Waals surface area contributed by atoms with Crippen LogP contribution in [0.4, 0.5) is 5.69 Å². The van der Waals surface area contributed by atoms with Crippen LogP contribution in [0, 0.1) is 32.1 Å². The van der Waals surface area contributed by atoms with Gasteiger partial charge in [-0.1, -0.05) is 0 Å². The lowest BCUT2D eigenvalue weighted by atomic mass is 10.1. The molecule has 1 aromatic carbocycles. The number of hydrogen-bond donors (Lipinski definition) is 1. The lowest BCUT2D eigenvalue weighted by Crippen LogP contribution is -1.99. The van der Waals surface area contributed by atoms with E-state index in [4.69, 9.17) is 15.7 Å². The minimum atomic E-state index is 0.170. The minimum Gasteiger partial charge on any atom is -0.424 e. The van der Waals surface area contributed by atoms with Gasteiger partial charge in [-0.3, -0.25) is 0 Å². The molecule has 0 aliphatic carbocycles. The predicted octanol–water partition coefficient (Wildman–Crippen LogP) is 2.65. The van der Waals surface area contributed by atoms with Crippen molar-refractivity contribution in [3.05, 3.63) is 40.7 Å². The third-order valence-electron chi connectivity index (χ3n) is 2.71. The average Bonchev–Trinajstić information content (AvgIpc) is 2.35. The van der Waals surface area contributed by atoms with Crippen molar-refractivity contribution < 1.29 is 4.74 Å². The van der Waals surface area contributed by atoms with E-state index in [0.29, 0.717) is 17.1 Å². The van der Waals surface area contributed by atoms with Gasteiger partial charge in [0.1, 0.15) is 17.5 Å². The molecule has 5 nitrogen and oxygen atoms in total. The van der Waals surface area contributed by atoms with E-state index >= 15 is 0 Å². The van der Waals surface area contributed by atoms with Crippen LogP contribution in [0.25, 0.3) is 0 Å². The molecule has 0 saturated carbocycles. The second-order valence-electron chi connectivity index (χ2n) is 4.37. The van der Waals surface area contributed by atoms with Gasteiger partial charge in [-0.25, -0.2) is 4.98 Å². The number of nitrogens with zero attached hydrogens (tertiary/aromatic N) is 3. The number of rotatable bonds is 2. The predicted molar refractivity (Wildman–Crippen MR) is 71.9 cm³/mol. The monoisotopic (exact) mass is 254 g/mol. The molecule has 0 radical (unpaired) electrons. The highest BCUT2D eigenvalue weighted by Gasteiger charge is 2.08. The molecule has 2 aromatic rings. The molecule has 1 aromatic heterocycles. The number of nitrogen functional groups attached to an aromatic ring is 1. The molecule has 0 aliphatic heterocycles. The Balaban J connectivity index is 2.39. The molecule has 0 unspecified atom stereocenters. The van der Waals surface area contributed by atoms with Gasteiger partial charge in [-0.15, -0.1) is 0 Å². The number of nitrogens with two attached hydrogens (primary N) is 1. The highest BCUT2D eigenvalue weighted by atomic mass is 16.5. The first-order valence-electron chi connectivity index (χ1n) is 5.80. The summed E-state index contributed by atoms with van der Waals surface area (Å²) in [6, 6.07) is 7.43. The van der Waals surface area contributed by atoms with Crippen LogP contribution in [-0.4, -0.2) is 9.97 Å². The topological polar surface area (TPSA) is 84.8 Å². The zero-order valence-electron chi connectivity index (χ0n) is 11.1. The first-order valence-corrected chi connectivity index (χ1v) is 5.80. The van der Waals surface area contributed by atoms with Gasteiger partial charge in [0.25, 0.3) is 0 Å². The van der Waals surface area contributed by atoms with Crippen molar-refractivity contribution in [2.75, 3.05) is 5.73 Å². The van der Waals surface area contributed by atoms with Crippen LogP contribution < -0.4 is 10.5 Å². The van der Waals surface area contributed by atoms with Gasteiger partial charge in [0.2, 0.25) is 0 Å². The first-order chi connectivity index (χ1) is 8.99. The summed E-state index contributed by atoms with van der Waals surface area (Å²) in [5.74, 6) is 0.640. The number of benzene rings is 1. The second-order valence-corrected chi connectivity index (χ2v) is 4.37. The Morgan fingerprint density at radius 1 is 1.11 bits per heavy atom. The molecular formula is C14H14N4O. The molecule has 0 saturated heterocycles. The Kier molecular flexibility index (Phi) is 3.34. The summed E-state index contributed by atoms with van der Waals surface area (Å²) in [6.07, 6.45) is 0. The van der Waals surface area contributed by atoms with E-state index in [0.717, 1.165) is 11.1 Å². The van der Waals surface area contributed by atoms with Crippen LogP contribution in [0.3, 0.4) is 0 Å². The van der Waals surface area contributed by atoms with E-state index in [1.807, 2.05) is 32.0 Å². The Morgan fingerprint density at radius 3 is 2.53 bits per heavy atom. The summed E-state index contributed by atoms with van der Waals surface area (Å²) in [7, 11) is 0. The number of hydrogen-bond acceptors (Lipinski definition) is 5. The van der Waals surface area contributed by atoms with Crippen LogP contribution in [-0.2, 0) is 0 Å². The minimum absolute atomic E-state index is 0.170. The van der Waals surface area contributed by atoms with Crippen LogP contribution in [0.5, 0.6) is 11.8 Å². The van der Waals surface area contributed by atoms with Crippen LogP contribution in [0.2, 0.25) is 0 Å². The molecule has 5 heteroatoms. The maximum absolute atomic E-state index is 8.88. The normalized spacial score (nSPS) is 10.0. The first kappa shape index (κ1) is 12.8. The zero-order chi connectivity index (χ0) is 14.0. The van der Waals surface area contributed by atoms with Crippen molar-refractivity contribution in [3.63, 3.8) is 0 Å². The second kappa shape index (κ2) is 4.94. The molecule has 0 bridgehead atoms. The molecule has 0 aliphatic rings. The molecule has 1 heterocycles. The number of aryl methyl sites for hydroxylation is 3. The van der Waals surface area contributed by atoms with E-state index in [1.165, 1.54) is 0 Å². The van der Waals surface area contributed by atoms with Gasteiger partial charge in [0.15, 0.2) is 0 Å². The van der Waals surface area contributed by atoms with E-state index in [-0.39, 0.29) is 11.7 Å². The quantitative estimate of drug-likeness (QED) is 0.833. The van der Waals surface area contributed by atoms with E-state index in [1.54, 1.807) is 13.0 Å². The van der Waals surface area contributed by atoms with Crippen molar-refractivity contribution >= 4 is 5.69 Å². The molecule has 96 valence electrons. The number of anilines is 1. The standard InChI is InChI=1S/C14H14N4O/c1-8-5-13(9(2)4-12(8)16)19-14-17-10(3)6-11(7-15)18-14/h4-6H,16H2,1-3H3. The summed E-state index contributed by atoms with van der Waals surface area (Å²) in [5.41, 5.74) is 9.33. The van der Waals surface area contributed by atoms with Gasteiger partial charge < -0.3 is 10.5 Å². The largest absolute Gasteiger partial charge is 0.424 e. The summed E-state index contributed by atoms with van der Waals surface area (Å²) in [6.45, 7) is 5.59. The van der Waals surface area contributed by atoms with Crippen LogP contribution in [0.15, 0.2) is 18.2 Å². The fraction of sp³-hybridized carbons (Fsp3) is 0.214. The highest BCUT2D eigenvalue weighted by molar-refractivity contribution is 5.54. The van der Waals surface area contributed by atoms with Crippen molar-refractivity contribution in [3.8, 4) is 17.8 Å². The van der Waals surface area contributed by atoms with E-state index in [9.17, 15) is 0 Å². The number of aromatic nitrogens is 2. The Bertz CT molecular complexity index is 674. The molecule has 0 fully saturated rings. The summed E-state index contributed by atoms with van der Waals surface area (Å²) < 4.78 is 5.64. The molecule has 0 spiro atoms. The molecule has 0 atom stereocenters. The third-order valence-corrected chi connectivity index (χ3v) is 2.71. The lowest BCUT2D eigenvalue weighted by Gasteiger charge is -2.10. The molecule has 19 heavy (non-hydrogen) atoms. The lowest BCUT2D eigenvalue weighted by molar-refractivity contribution is 0.436. The Morgan fingerprint density at radius 2 is 1.84 bits per heavy atom. The third kappa shape index (κ3) is 2.80. The SMILES string of the molecule is Cc1cc(C#N)nc(Oc2cc(C)c(N)cc2C)n1. The van der Waals surface area contributed by atoms with Gasteiger partial charge in [-0.05, 0) is 50.1 Å². The molecule has 2 rings (SSSR count). The summed E-state index contributed by atoms with van der Waals surface area (Å²) in [4.78, 5) is 8.17. The molecule has 2 N–H and O–H groups in total. The van der Waals surface area contributed by atoms with Gasteiger partial charge >= 0.3 is 6.01 Å². The maximum Gasteiger partial charge on any atom is 0.323 e. The number of nitriles is 1. The van der Waals surface area contributed by atoms with Crippen molar-refractivity contribution in [1.29, 1.82) is 5.26 Å². The molecular weight excluding hydrogens is 240 g/mol. The Labute approximate surface area is 111 Å². The van der Waals surface area contributed by atoms with Gasteiger partial charge in [0.05, 0.1) is 0 Å². The van der Waals surface area contributed by atoms with Gasteiger partial charge in [0, 0.05) is 11.4 Å². The number of ether oxygens (including phenoxy) is 1. The summed E-state index contributed by atoms with van der Waals surface area (Å²) in [5, 5.41) is 8.88. The smallest absolute Gasteiger partial charge is 0.323 e. The van der Waals surface area contributed by atoms with Gasteiger partial charge in [-0.2, -0.15) is 10.2 Å². The summed E-state index contributed by atoms with van der Waals surface area (Å²) >= 11 is 0. The van der Waals surface area contributed by atoms with Crippen molar-refractivity contribution in [2.45, 2.75) is 20.8 Å². The van der Waals surface area contributed by atoms with E-state index in [2.05, 4.69) is 9.97 Å². The Hall–Kier alpha value is -2.61. The van der Waals surface area contributed by atoms with Crippen LogP contribution >= 0.6 is 0 Å². The van der Waals surface area contributed by atoms with E-state index < -0.39 is 0 Å². The maximum atomic E-state index is 8.88. The molecule has 0 amide bonds. The highest BCUT2D eigenvalue weighted by Crippen LogP contribution is 2.27. The average molecular weight is 254 g/mol. The van der Waals surface area contributed by atoms with Crippen molar-refractivity contribution in [1.82, 2.24) is 9.97 Å². The fourth-order valence-electron chi connectivity index (χ4n) is 1.66.